The van der Waals surface area contributed by atoms with E-state index in [1.54, 1.807) is 0 Å². The van der Waals surface area contributed by atoms with E-state index in [1.165, 1.54) is 18.3 Å². The Labute approximate surface area is 214 Å². The standard InChI is InChI=1S/C25H28FN9.ClH/c26-22-23(29-15-30-24(22)31-18-2-1-3-18)17-4-5-19-20(13-17)33-25(32-19)34-21-12-16(6-7-28-21)14-35-10-8-27-9-11-35;/h4-7,12-13,15,18,27H,1-3,8-11,14H2,(H,29,30,31)(H2,28,32,33,34);1H. The number of aromatic amines is 1. The molecule has 0 spiro atoms. The Balaban J connectivity index is 0.00000267. The molecule has 0 bridgehead atoms. The highest BCUT2D eigenvalue weighted by Crippen LogP contribution is 2.29. The lowest BCUT2D eigenvalue weighted by atomic mass is 9.93. The summed E-state index contributed by atoms with van der Waals surface area (Å²) in [5.41, 5.74) is 3.70. The van der Waals surface area contributed by atoms with Crippen LogP contribution in [0.4, 0.5) is 22.0 Å². The third kappa shape index (κ3) is 5.25. The zero-order chi connectivity index (χ0) is 23.6. The van der Waals surface area contributed by atoms with Crippen molar-refractivity contribution in [1.29, 1.82) is 0 Å². The molecule has 1 saturated heterocycles. The Kier molecular flexibility index (Phi) is 7.26. The molecule has 36 heavy (non-hydrogen) atoms. The number of piperazine rings is 1. The van der Waals surface area contributed by atoms with Crippen LogP contribution in [0.5, 0.6) is 0 Å². The van der Waals surface area contributed by atoms with Gasteiger partial charge in [0.1, 0.15) is 17.8 Å². The van der Waals surface area contributed by atoms with Crippen molar-refractivity contribution in [3.63, 3.8) is 0 Å². The zero-order valence-electron chi connectivity index (χ0n) is 19.8. The molecule has 1 aromatic carbocycles. The normalized spacial score (nSPS) is 16.4. The van der Waals surface area contributed by atoms with E-state index in [9.17, 15) is 0 Å². The molecule has 1 aliphatic heterocycles. The maximum atomic E-state index is 15.1. The molecule has 4 aromatic rings. The first-order chi connectivity index (χ1) is 17.2. The molecule has 6 rings (SSSR count). The highest BCUT2D eigenvalue weighted by molar-refractivity contribution is 5.85. The minimum absolute atomic E-state index is 0. The van der Waals surface area contributed by atoms with E-state index in [2.05, 4.69) is 45.8 Å². The average molecular weight is 510 g/mol. The maximum Gasteiger partial charge on any atom is 0.206 e. The highest BCUT2D eigenvalue weighted by atomic mass is 35.5. The van der Waals surface area contributed by atoms with E-state index in [1.807, 2.05) is 36.5 Å². The van der Waals surface area contributed by atoms with Gasteiger partial charge in [0.25, 0.3) is 0 Å². The minimum atomic E-state index is -0.429. The predicted molar refractivity (Wildman–Crippen MR) is 141 cm³/mol. The second-order valence-corrected chi connectivity index (χ2v) is 9.17. The largest absolute Gasteiger partial charge is 0.365 e. The third-order valence-electron chi connectivity index (χ3n) is 6.68. The Morgan fingerprint density at radius 1 is 1.06 bits per heavy atom. The fourth-order valence-electron chi connectivity index (χ4n) is 4.52. The Morgan fingerprint density at radius 3 is 2.72 bits per heavy atom. The van der Waals surface area contributed by atoms with Crippen LogP contribution in [-0.4, -0.2) is 62.0 Å². The molecule has 0 radical (unpaired) electrons. The number of halogens is 2. The van der Waals surface area contributed by atoms with Crippen molar-refractivity contribution in [2.45, 2.75) is 31.8 Å². The summed E-state index contributed by atoms with van der Waals surface area (Å²) in [5.74, 6) is 1.14. The number of hydrogen-bond acceptors (Lipinski definition) is 8. The molecule has 0 atom stereocenters. The molecule has 1 saturated carbocycles. The van der Waals surface area contributed by atoms with Gasteiger partial charge < -0.3 is 20.9 Å². The van der Waals surface area contributed by atoms with Crippen molar-refractivity contribution in [1.82, 2.24) is 35.1 Å². The van der Waals surface area contributed by atoms with Gasteiger partial charge >= 0.3 is 0 Å². The topological polar surface area (TPSA) is 107 Å². The van der Waals surface area contributed by atoms with Crippen LogP contribution in [0.25, 0.3) is 22.3 Å². The minimum Gasteiger partial charge on any atom is -0.365 e. The summed E-state index contributed by atoms with van der Waals surface area (Å²) < 4.78 is 15.1. The Bertz CT molecular complexity index is 1330. The summed E-state index contributed by atoms with van der Waals surface area (Å²) in [5, 5.41) is 9.83. The Morgan fingerprint density at radius 2 is 1.92 bits per heavy atom. The van der Waals surface area contributed by atoms with Gasteiger partial charge in [0.05, 0.1) is 11.0 Å². The third-order valence-corrected chi connectivity index (χ3v) is 6.68. The maximum absolute atomic E-state index is 15.1. The lowest BCUT2D eigenvalue weighted by Gasteiger charge is -2.27. The molecule has 3 aromatic heterocycles. The van der Waals surface area contributed by atoms with Crippen molar-refractivity contribution in [2.75, 3.05) is 36.8 Å². The number of benzene rings is 1. The number of hydrogen-bond donors (Lipinski definition) is 4. The van der Waals surface area contributed by atoms with E-state index < -0.39 is 5.82 Å². The molecule has 4 heterocycles. The van der Waals surface area contributed by atoms with Gasteiger partial charge in [-0.2, -0.15) is 0 Å². The predicted octanol–water partition coefficient (Wildman–Crippen LogP) is 4.09. The summed E-state index contributed by atoms with van der Waals surface area (Å²) in [7, 11) is 0. The monoisotopic (exact) mass is 509 g/mol. The molecule has 188 valence electrons. The van der Waals surface area contributed by atoms with Gasteiger partial charge in [-0.1, -0.05) is 6.07 Å². The van der Waals surface area contributed by atoms with Crippen LogP contribution in [0, 0.1) is 5.82 Å². The van der Waals surface area contributed by atoms with Crippen molar-refractivity contribution in [3.05, 3.63) is 54.2 Å². The van der Waals surface area contributed by atoms with Crippen LogP contribution >= 0.6 is 12.4 Å². The molecule has 0 unspecified atom stereocenters. The first-order valence-electron chi connectivity index (χ1n) is 12.1. The van der Waals surface area contributed by atoms with E-state index in [4.69, 9.17) is 0 Å². The lowest BCUT2D eigenvalue weighted by molar-refractivity contribution is 0.233. The number of nitrogens with one attached hydrogen (secondary N) is 4. The fraction of sp³-hybridized carbons (Fsp3) is 0.360. The van der Waals surface area contributed by atoms with Gasteiger partial charge in [-0.05, 0) is 49.1 Å². The number of nitrogens with zero attached hydrogens (tertiary/aromatic N) is 5. The van der Waals surface area contributed by atoms with E-state index >= 15 is 4.39 Å². The molecule has 1 aliphatic carbocycles. The molecular weight excluding hydrogens is 481 g/mol. The van der Waals surface area contributed by atoms with Crippen LogP contribution in [0.15, 0.2) is 42.9 Å². The van der Waals surface area contributed by atoms with E-state index in [0.29, 0.717) is 17.6 Å². The number of fused-ring (bicyclic) bond motifs is 1. The Hall–Kier alpha value is -3.34. The molecule has 2 aliphatic rings. The second-order valence-electron chi connectivity index (χ2n) is 9.17. The van der Waals surface area contributed by atoms with E-state index in [-0.39, 0.29) is 23.9 Å². The summed E-state index contributed by atoms with van der Waals surface area (Å²) in [6, 6.07) is 9.94. The van der Waals surface area contributed by atoms with Crippen LogP contribution in [0.2, 0.25) is 0 Å². The average Bonchev–Trinajstić information content (AvgIpc) is 3.24. The van der Waals surface area contributed by atoms with Gasteiger partial charge in [0.2, 0.25) is 5.95 Å². The molecule has 11 heteroatoms. The number of rotatable bonds is 7. The van der Waals surface area contributed by atoms with Crippen molar-refractivity contribution < 1.29 is 4.39 Å². The smallest absolute Gasteiger partial charge is 0.206 e. The van der Waals surface area contributed by atoms with Gasteiger partial charge in [-0.25, -0.2) is 24.3 Å². The van der Waals surface area contributed by atoms with Gasteiger partial charge in [0, 0.05) is 50.5 Å². The summed E-state index contributed by atoms with van der Waals surface area (Å²) >= 11 is 0. The van der Waals surface area contributed by atoms with Gasteiger partial charge in [-0.15, -0.1) is 12.4 Å². The van der Waals surface area contributed by atoms with Gasteiger partial charge in [-0.3, -0.25) is 4.90 Å². The molecule has 4 N–H and O–H groups in total. The SMILES string of the molecule is Cl.Fc1c(NC2CCC2)ncnc1-c1ccc2nc(Nc3cc(CN4CCNCC4)ccn3)[nH]c2c1. The van der Waals surface area contributed by atoms with Crippen molar-refractivity contribution in [3.8, 4) is 11.3 Å². The molecule has 0 amide bonds. The van der Waals surface area contributed by atoms with Crippen molar-refractivity contribution in [2.24, 2.45) is 0 Å². The highest BCUT2D eigenvalue weighted by Gasteiger charge is 2.21. The van der Waals surface area contributed by atoms with Crippen LogP contribution in [0.3, 0.4) is 0 Å². The summed E-state index contributed by atoms with van der Waals surface area (Å²) in [6.45, 7) is 5.03. The number of aromatic nitrogens is 5. The quantitative estimate of drug-likeness (QED) is 0.295. The zero-order valence-corrected chi connectivity index (χ0v) is 20.6. The van der Waals surface area contributed by atoms with Crippen LogP contribution < -0.4 is 16.0 Å². The molecule has 9 nitrogen and oxygen atoms in total. The van der Waals surface area contributed by atoms with Crippen molar-refractivity contribution >= 4 is 41.0 Å². The summed E-state index contributed by atoms with van der Waals surface area (Å²) in [6.07, 6.45) is 6.47. The first-order valence-corrected chi connectivity index (χ1v) is 12.1. The van der Waals surface area contributed by atoms with E-state index in [0.717, 1.165) is 62.4 Å². The van der Waals surface area contributed by atoms with Crippen LogP contribution in [-0.2, 0) is 6.54 Å². The summed E-state index contributed by atoms with van der Waals surface area (Å²) in [4.78, 5) is 23.1. The fourth-order valence-corrected chi connectivity index (χ4v) is 4.52. The second kappa shape index (κ2) is 10.7. The number of anilines is 3. The van der Waals surface area contributed by atoms with Gasteiger partial charge in [0.15, 0.2) is 11.6 Å². The van der Waals surface area contributed by atoms with Crippen LogP contribution in [0.1, 0.15) is 24.8 Å². The molecular formula is C25H29ClFN9. The number of H-pyrrole nitrogens is 1. The number of imidazole rings is 1. The number of pyridine rings is 1. The molecule has 2 fully saturated rings. The lowest BCUT2D eigenvalue weighted by Crippen LogP contribution is -2.42. The first kappa shape index (κ1) is 24.4.